The van der Waals surface area contributed by atoms with Gasteiger partial charge < -0.3 is 14.3 Å². The number of likely N-dealkylation sites (tertiary alicyclic amines) is 1. The first-order chi connectivity index (χ1) is 16.0. The van der Waals surface area contributed by atoms with Gasteiger partial charge >= 0.3 is 0 Å². The molecule has 0 spiro atoms. The van der Waals surface area contributed by atoms with Crippen LogP contribution in [0.4, 0.5) is 5.69 Å². The summed E-state index contributed by atoms with van der Waals surface area (Å²) in [5, 5.41) is 11.4. The summed E-state index contributed by atoms with van der Waals surface area (Å²) in [6, 6.07) is 9.74. The van der Waals surface area contributed by atoms with Gasteiger partial charge in [-0.1, -0.05) is 23.4 Å². The number of carbonyl (C=O) groups excluding carboxylic acids is 2. The number of benzene rings is 1. The lowest BCUT2D eigenvalue weighted by atomic mass is 9.98. The number of fused-ring (bicyclic) bond motifs is 1. The fourth-order valence-electron chi connectivity index (χ4n) is 5.09. The Hall–Kier alpha value is -3.42. The number of anilines is 1. The molecule has 1 saturated heterocycles. The van der Waals surface area contributed by atoms with Crippen LogP contribution in [0.5, 0.6) is 0 Å². The van der Waals surface area contributed by atoms with E-state index in [1.165, 1.54) is 5.56 Å². The number of carbonyl (C=O) groups is 2. The first kappa shape index (κ1) is 21.4. The van der Waals surface area contributed by atoms with Crippen LogP contribution in [-0.2, 0) is 17.6 Å². The van der Waals surface area contributed by atoms with Crippen molar-refractivity contribution in [3.8, 4) is 0 Å². The second-order valence-electron chi connectivity index (χ2n) is 8.95. The van der Waals surface area contributed by atoms with Crippen molar-refractivity contribution in [1.29, 1.82) is 0 Å². The van der Waals surface area contributed by atoms with Crippen molar-refractivity contribution in [2.75, 3.05) is 18.0 Å². The van der Waals surface area contributed by atoms with Crippen molar-refractivity contribution in [2.24, 2.45) is 0 Å². The Morgan fingerprint density at radius 2 is 2.03 bits per heavy atom. The smallest absolute Gasteiger partial charge is 0.278 e. The second kappa shape index (κ2) is 8.84. The van der Waals surface area contributed by atoms with Crippen LogP contribution in [-0.4, -0.2) is 45.2 Å². The highest BCUT2D eigenvalue weighted by Gasteiger charge is 2.32. The highest BCUT2D eigenvalue weighted by Crippen LogP contribution is 2.32. The molecule has 1 aromatic carbocycles. The highest BCUT2D eigenvalue weighted by atomic mass is 16.5. The van der Waals surface area contributed by atoms with Crippen molar-refractivity contribution in [1.82, 2.24) is 20.3 Å². The topological polar surface area (TPSA) is 95.3 Å². The molecule has 0 bridgehead atoms. The lowest BCUT2D eigenvalue weighted by Crippen LogP contribution is -2.38. The zero-order chi connectivity index (χ0) is 22.9. The fraction of sp³-hybridized carbons (Fsp3) is 0.440. The van der Waals surface area contributed by atoms with Crippen molar-refractivity contribution in [2.45, 2.75) is 58.4 Å². The number of amides is 2. The van der Waals surface area contributed by atoms with Crippen LogP contribution < -0.4 is 4.90 Å². The number of para-hydroxylation sites is 1. The summed E-state index contributed by atoms with van der Waals surface area (Å²) in [4.78, 5) is 30.1. The molecule has 8 nitrogen and oxygen atoms in total. The summed E-state index contributed by atoms with van der Waals surface area (Å²) in [6.45, 7) is 5.16. The largest absolute Gasteiger partial charge is 0.361 e. The minimum atomic E-state index is -0.102. The summed E-state index contributed by atoms with van der Waals surface area (Å²) in [6.07, 6.45) is 4.76. The van der Waals surface area contributed by atoms with Gasteiger partial charge in [0.1, 0.15) is 5.76 Å². The number of aromatic amines is 1. The van der Waals surface area contributed by atoms with Crippen molar-refractivity contribution in [3.05, 3.63) is 64.3 Å². The third-order valence-corrected chi connectivity index (χ3v) is 6.90. The Bertz CT molecular complexity index is 1160. The molecule has 33 heavy (non-hydrogen) atoms. The molecular formula is C25H29N5O3. The quantitative estimate of drug-likeness (QED) is 0.640. The van der Waals surface area contributed by atoms with Crippen LogP contribution in [0.1, 0.15) is 70.5 Å². The SMILES string of the molecule is Cc1noc(C)c1CCC(=O)N1CCCCC1c1cc(C(=O)N2CCc3ccccc32)n[nH]1. The van der Waals surface area contributed by atoms with Gasteiger partial charge in [0.2, 0.25) is 5.91 Å². The van der Waals surface area contributed by atoms with Crippen LogP contribution in [0.3, 0.4) is 0 Å². The van der Waals surface area contributed by atoms with E-state index in [1.54, 1.807) is 4.90 Å². The van der Waals surface area contributed by atoms with Crippen LogP contribution in [0.25, 0.3) is 0 Å². The first-order valence-electron chi connectivity index (χ1n) is 11.7. The summed E-state index contributed by atoms with van der Waals surface area (Å²) < 4.78 is 5.23. The molecule has 0 saturated carbocycles. The number of H-pyrrole nitrogens is 1. The molecule has 1 N–H and O–H groups in total. The Morgan fingerprint density at radius 3 is 2.85 bits per heavy atom. The van der Waals surface area contributed by atoms with Crippen LogP contribution >= 0.6 is 0 Å². The minimum absolute atomic E-state index is 0.0872. The van der Waals surface area contributed by atoms with Gasteiger partial charge in [0.15, 0.2) is 5.69 Å². The van der Waals surface area contributed by atoms with E-state index >= 15 is 0 Å². The molecule has 1 unspecified atom stereocenters. The number of hydrogen-bond acceptors (Lipinski definition) is 5. The van der Waals surface area contributed by atoms with Crippen LogP contribution in [0.2, 0.25) is 0 Å². The maximum atomic E-state index is 13.2. The standard InChI is InChI=1S/C25H29N5O3/c1-16-19(17(2)33-28-16)10-11-24(31)29-13-6-5-9-23(29)20-15-21(27-26-20)25(32)30-14-12-18-7-3-4-8-22(18)30/h3-4,7-8,15,23H,5-6,9-14H2,1-2H3,(H,26,27). The van der Waals surface area contributed by atoms with Crippen molar-refractivity contribution >= 4 is 17.5 Å². The minimum Gasteiger partial charge on any atom is -0.361 e. The molecule has 3 aromatic rings. The van der Waals surface area contributed by atoms with E-state index < -0.39 is 0 Å². The first-order valence-corrected chi connectivity index (χ1v) is 11.7. The third kappa shape index (κ3) is 4.05. The molecule has 2 aromatic heterocycles. The van der Waals surface area contributed by atoms with Gasteiger partial charge in [-0.25, -0.2) is 0 Å². The van der Waals surface area contributed by atoms with Gasteiger partial charge in [0, 0.05) is 30.8 Å². The number of aromatic nitrogens is 3. The molecule has 2 aliphatic rings. The number of nitrogens with one attached hydrogen (secondary N) is 1. The molecule has 2 aliphatic heterocycles. The van der Waals surface area contributed by atoms with Gasteiger partial charge in [-0.15, -0.1) is 0 Å². The third-order valence-electron chi connectivity index (χ3n) is 6.90. The maximum absolute atomic E-state index is 13.2. The highest BCUT2D eigenvalue weighted by molar-refractivity contribution is 6.06. The second-order valence-corrected chi connectivity index (χ2v) is 8.95. The van der Waals surface area contributed by atoms with E-state index in [0.717, 1.165) is 54.1 Å². The number of aryl methyl sites for hydroxylation is 2. The van der Waals surface area contributed by atoms with Gasteiger partial charge in [0.25, 0.3) is 5.91 Å². The summed E-state index contributed by atoms with van der Waals surface area (Å²) in [7, 11) is 0. The predicted molar refractivity (Wildman–Crippen MR) is 123 cm³/mol. The number of piperidine rings is 1. The van der Waals surface area contributed by atoms with E-state index in [9.17, 15) is 9.59 Å². The van der Waals surface area contributed by atoms with Gasteiger partial charge in [-0.2, -0.15) is 5.10 Å². The number of nitrogens with zero attached hydrogens (tertiary/aromatic N) is 4. The molecule has 8 heteroatoms. The van der Waals surface area contributed by atoms with E-state index in [1.807, 2.05) is 43.0 Å². The molecule has 0 radical (unpaired) electrons. The van der Waals surface area contributed by atoms with E-state index in [4.69, 9.17) is 4.52 Å². The molecule has 1 fully saturated rings. The summed E-state index contributed by atoms with van der Waals surface area (Å²) >= 11 is 0. The lowest BCUT2D eigenvalue weighted by molar-refractivity contribution is -0.135. The average Bonchev–Trinajstić information content (AvgIpc) is 3.56. The molecule has 1 atom stereocenters. The Balaban J connectivity index is 1.30. The predicted octanol–water partition coefficient (Wildman–Crippen LogP) is 3.90. The maximum Gasteiger partial charge on any atom is 0.278 e. The van der Waals surface area contributed by atoms with E-state index in [-0.39, 0.29) is 17.9 Å². The zero-order valence-corrected chi connectivity index (χ0v) is 19.1. The van der Waals surface area contributed by atoms with Crippen LogP contribution in [0, 0.1) is 13.8 Å². The van der Waals surface area contributed by atoms with Crippen molar-refractivity contribution in [3.63, 3.8) is 0 Å². The molecule has 2 amide bonds. The molecule has 4 heterocycles. The number of rotatable bonds is 5. The fourth-order valence-corrected chi connectivity index (χ4v) is 5.09. The van der Waals surface area contributed by atoms with Crippen LogP contribution in [0.15, 0.2) is 34.9 Å². The number of hydrogen-bond donors (Lipinski definition) is 1. The molecule has 0 aliphatic carbocycles. The summed E-state index contributed by atoms with van der Waals surface area (Å²) in [5.74, 6) is 0.779. The van der Waals surface area contributed by atoms with Gasteiger partial charge in [-0.05, 0) is 63.6 Å². The van der Waals surface area contributed by atoms with E-state index in [0.29, 0.717) is 31.6 Å². The monoisotopic (exact) mass is 447 g/mol. The Labute approximate surface area is 192 Å². The molecular weight excluding hydrogens is 418 g/mol. The summed E-state index contributed by atoms with van der Waals surface area (Å²) in [5.41, 5.74) is 5.23. The van der Waals surface area contributed by atoms with E-state index in [2.05, 4.69) is 21.4 Å². The molecule has 5 rings (SSSR count). The normalized spacial score (nSPS) is 17.9. The lowest BCUT2D eigenvalue weighted by Gasteiger charge is -2.35. The Morgan fingerprint density at radius 1 is 1.18 bits per heavy atom. The Kier molecular flexibility index (Phi) is 5.74. The van der Waals surface area contributed by atoms with Crippen molar-refractivity contribution < 1.29 is 14.1 Å². The molecule has 172 valence electrons. The average molecular weight is 448 g/mol. The zero-order valence-electron chi connectivity index (χ0n) is 19.1. The van der Waals surface area contributed by atoms with Gasteiger partial charge in [-0.3, -0.25) is 14.7 Å². The van der Waals surface area contributed by atoms with Gasteiger partial charge in [0.05, 0.1) is 17.4 Å².